The van der Waals surface area contributed by atoms with Crippen LogP contribution in [0.2, 0.25) is 0 Å². The maximum absolute atomic E-state index is 15.8. The van der Waals surface area contributed by atoms with E-state index in [1.807, 2.05) is 32.9 Å². The van der Waals surface area contributed by atoms with Gasteiger partial charge in [0.05, 0.1) is 18.0 Å². The third-order valence-corrected chi connectivity index (χ3v) is 9.89. The molecule has 1 aliphatic heterocycles. The summed E-state index contributed by atoms with van der Waals surface area (Å²) in [6.45, 7) is 13.1. The highest BCUT2D eigenvalue weighted by molar-refractivity contribution is 5.82. The van der Waals surface area contributed by atoms with Crippen LogP contribution in [0.4, 0.5) is 17.6 Å². The fourth-order valence-corrected chi connectivity index (χ4v) is 7.44. The number of nitrogens with one attached hydrogen (secondary N) is 1. The highest BCUT2D eigenvalue weighted by atomic mass is 19.4. The molecule has 2 fully saturated rings. The van der Waals surface area contributed by atoms with Gasteiger partial charge in [-0.05, 0) is 110 Å². The van der Waals surface area contributed by atoms with Crippen LogP contribution in [0.15, 0.2) is 41.3 Å². The molecular formula is C38H45F4N3O4. The summed E-state index contributed by atoms with van der Waals surface area (Å²) >= 11 is 0. The van der Waals surface area contributed by atoms with Gasteiger partial charge in [0.15, 0.2) is 0 Å². The van der Waals surface area contributed by atoms with Crippen molar-refractivity contribution in [2.75, 3.05) is 19.6 Å². The van der Waals surface area contributed by atoms with Gasteiger partial charge in [0.25, 0.3) is 5.56 Å². The minimum atomic E-state index is -4.77. The van der Waals surface area contributed by atoms with Crippen molar-refractivity contribution in [1.82, 2.24) is 14.8 Å². The number of rotatable bonds is 12. The molecule has 1 aliphatic carbocycles. The second-order valence-corrected chi connectivity index (χ2v) is 14.7. The van der Waals surface area contributed by atoms with Crippen LogP contribution in [-0.4, -0.2) is 46.1 Å². The average Bonchev–Trinajstić information content (AvgIpc) is 3.76. The summed E-state index contributed by atoms with van der Waals surface area (Å²) in [5.74, 6) is -2.91. The molecule has 0 radical (unpaired) electrons. The number of aryl methyl sites for hydroxylation is 4. The number of likely N-dealkylation sites (tertiary alicyclic amines) is 1. The fourth-order valence-electron chi connectivity index (χ4n) is 7.44. The van der Waals surface area contributed by atoms with Crippen molar-refractivity contribution in [3.8, 4) is 11.1 Å². The van der Waals surface area contributed by atoms with Gasteiger partial charge in [-0.2, -0.15) is 13.2 Å². The number of carboxylic acids is 1. The van der Waals surface area contributed by atoms with Crippen LogP contribution in [0.3, 0.4) is 0 Å². The second-order valence-electron chi connectivity index (χ2n) is 14.7. The van der Waals surface area contributed by atoms with E-state index in [1.54, 1.807) is 32.9 Å². The Labute approximate surface area is 284 Å². The number of benzene rings is 2. The van der Waals surface area contributed by atoms with E-state index in [4.69, 9.17) is 0 Å². The lowest BCUT2D eigenvalue weighted by Crippen LogP contribution is -2.49. The minimum Gasteiger partial charge on any atom is -0.481 e. The van der Waals surface area contributed by atoms with E-state index in [0.29, 0.717) is 23.6 Å². The summed E-state index contributed by atoms with van der Waals surface area (Å²) < 4.78 is 59.3. The predicted octanol–water partition coefficient (Wildman–Crippen LogP) is 7.46. The summed E-state index contributed by atoms with van der Waals surface area (Å²) in [6, 6.07) is 5.17. The van der Waals surface area contributed by atoms with E-state index >= 15 is 4.39 Å². The van der Waals surface area contributed by atoms with Gasteiger partial charge < -0.3 is 19.9 Å². The zero-order chi connectivity index (χ0) is 36.0. The number of nitrogens with zero attached hydrogens (tertiary/aromatic N) is 2. The molecule has 2 heterocycles. The molecule has 7 nitrogen and oxygen atoms in total. The Hall–Kier alpha value is -3.99. The molecule has 2 N–H and O–H groups in total. The first-order chi connectivity index (χ1) is 22.9. The Kier molecular flexibility index (Phi) is 10.2. The first-order valence-corrected chi connectivity index (χ1v) is 16.8. The molecule has 3 aromatic rings. The number of carboxylic acid groups (broad SMARTS) is 1. The molecule has 0 bridgehead atoms. The van der Waals surface area contributed by atoms with E-state index in [2.05, 4.69) is 10.2 Å². The van der Waals surface area contributed by atoms with Gasteiger partial charge in [-0.1, -0.05) is 31.5 Å². The quantitative estimate of drug-likeness (QED) is 0.194. The third kappa shape index (κ3) is 8.09. The third-order valence-electron chi connectivity index (χ3n) is 9.89. The molecule has 2 aliphatic rings. The lowest BCUT2D eigenvalue weighted by molar-refractivity contribution is -0.139. The number of carbonyl (C=O) groups is 2. The SMILES string of the molecule is Cc1cc(C)c(-c2cc(C)c(F)c([C@H](CC(=O)O)NC(=O)C(CC(C)C)n3cc(CCN4CC5(CC5)C4)c(C(F)(F)F)cc3=O)c2)c(C)c1. The van der Waals surface area contributed by atoms with Crippen LogP contribution in [0, 0.1) is 44.8 Å². The van der Waals surface area contributed by atoms with E-state index in [-0.39, 0.29) is 35.4 Å². The highest BCUT2D eigenvalue weighted by Gasteiger charge is 2.51. The smallest absolute Gasteiger partial charge is 0.416 e. The van der Waals surface area contributed by atoms with Crippen LogP contribution < -0.4 is 10.9 Å². The number of alkyl halides is 3. The van der Waals surface area contributed by atoms with Gasteiger partial charge in [-0.15, -0.1) is 0 Å². The molecule has 2 atom stereocenters. The van der Waals surface area contributed by atoms with Crippen molar-refractivity contribution < 1.29 is 32.3 Å². The summed E-state index contributed by atoms with van der Waals surface area (Å²) in [6.07, 6.45) is -1.91. The van der Waals surface area contributed by atoms with E-state index in [9.17, 15) is 32.7 Å². The standard InChI is InChI=1S/C38H45F4N3O4/c1-21(2)11-31(45-18-26(29(16-32(45)46)38(40,41)42)7-10-44-19-37(20-44)8-9-37)36(49)43-30(17-33(47)48)28-15-27(14-25(6)35(28)39)34-23(4)12-22(3)13-24(34)5/h12-16,18,21,30-31H,7-11,17,19-20H2,1-6H3,(H,43,49)(H,47,48)/t30-,31?/m0/s1. The van der Waals surface area contributed by atoms with Gasteiger partial charge in [-0.25, -0.2) is 4.39 Å². The van der Waals surface area contributed by atoms with Crippen LogP contribution in [0.1, 0.15) is 90.6 Å². The number of aromatic nitrogens is 1. The van der Waals surface area contributed by atoms with E-state index < -0.39 is 53.5 Å². The lowest BCUT2D eigenvalue weighted by Gasteiger charge is -2.40. The molecule has 1 amide bonds. The topological polar surface area (TPSA) is 91.6 Å². The van der Waals surface area contributed by atoms with E-state index in [1.165, 1.54) is 0 Å². The van der Waals surface area contributed by atoms with Crippen LogP contribution in [-0.2, 0) is 22.2 Å². The normalized spacial score (nSPS) is 16.8. The summed E-state index contributed by atoms with van der Waals surface area (Å²) in [7, 11) is 0. The molecule has 5 rings (SSSR count). The molecule has 2 aromatic carbocycles. The van der Waals surface area contributed by atoms with Crippen molar-refractivity contribution in [2.24, 2.45) is 11.3 Å². The van der Waals surface area contributed by atoms with Gasteiger partial charge >= 0.3 is 12.1 Å². The van der Waals surface area contributed by atoms with Crippen molar-refractivity contribution >= 4 is 11.9 Å². The number of carbonyl (C=O) groups excluding carboxylic acids is 1. The van der Waals surface area contributed by atoms with Gasteiger partial charge in [0, 0.05) is 37.5 Å². The summed E-state index contributed by atoms with van der Waals surface area (Å²) in [4.78, 5) is 41.5. The van der Waals surface area contributed by atoms with Crippen LogP contribution in [0.25, 0.3) is 11.1 Å². The number of amides is 1. The second kappa shape index (κ2) is 13.7. The molecule has 1 saturated heterocycles. The van der Waals surface area contributed by atoms with Crippen LogP contribution >= 0.6 is 0 Å². The number of hydrogen-bond acceptors (Lipinski definition) is 4. The first-order valence-electron chi connectivity index (χ1n) is 16.8. The number of pyridine rings is 1. The van der Waals surface area contributed by atoms with Crippen molar-refractivity contribution in [3.63, 3.8) is 0 Å². The van der Waals surface area contributed by atoms with Crippen molar-refractivity contribution in [2.45, 2.75) is 91.9 Å². The fraction of sp³-hybridized carbons (Fsp3) is 0.500. The Morgan fingerprint density at radius 3 is 2.16 bits per heavy atom. The Balaban J connectivity index is 1.51. The summed E-state index contributed by atoms with van der Waals surface area (Å²) in [5, 5.41) is 12.5. The Bertz CT molecular complexity index is 1800. The zero-order valence-electron chi connectivity index (χ0n) is 28.9. The minimum absolute atomic E-state index is 0.0307. The van der Waals surface area contributed by atoms with Crippen molar-refractivity contribution in [3.05, 3.63) is 91.6 Å². The maximum atomic E-state index is 15.8. The molecular weight excluding hydrogens is 638 g/mol. The predicted molar refractivity (Wildman–Crippen MR) is 180 cm³/mol. The summed E-state index contributed by atoms with van der Waals surface area (Å²) in [5.41, 5.74) is 2.91. The zero-order valence-corrected chi connectivity index (χ0v) is 28.9. The van der Waals surface area contributed by atoms with Crippen molar-refractivity contribution in [1.29, 1.82) is 0 Å². The molecule has 49 heavy (non-hydrogen) atoms. The Morgan fingerprint density at radius 1 is 0.980 bits per heavy atom. The highest BCUT2D eigenvalue weighted by Crippen LogP contribution is 2.52. The maximum Gasteiger partial charge on any atom is 0.416 e. The average molecular weight is 684 g/mol. The Morgan fingerprint density at radius 2 is 1.61 bits per heavy atom. The van der Waals surface area contributed by atoms with Gasteiger partial charge in [0.2, 0.25) is 5.91 Å². The van der Waals surface area contributed by atoms with Gasteiger partial charge in [-0.3, -0.25) is 14.4 Å². The largest absolute Gasteiger partial charge is 0.481 e. The molecule has 264 valence electrons. The van der Waals surface area contributed by atoms with E-state index in [0.717, 1.165) is 58.9 Å². The van der Waals surface area contributed by atoms with Crippen LogP contribution in [0.5, 0.6) is 0 Å². The molecule has 1 aromatic heterocycles. The number of aliphatic carboxylic acids is 1. The number of halogens is 4. The number of hydrogen-bond donors (Lipinski definition) is 2. The molecule has 1 unspecified atom stereocenters. The van der Waals surface area contributed by atoms with Gasteiger partial charge in [0.1, 0.15) is 11.9 Å². The lowest BCUT2D eigenvalue weighted by atomic mass is 9.89. The first kappa shape index (κ1) is 36.3. The monoisotopic (exact) mass is 683 g/mol. The molecule has 11 heteroatoms. The molecule has 1 spiro atoms. The molecule has 1 saturated carbocycles.